The minimum absolute atomic E-state index is 0.525. The number of benzene rings is 1. The molecule has 2 rings (SSSR count). The van der Waals surface area contributed by atoms with Gasteiger partial charge in [-0.25, -0.2) is 4.98 Å². The van der Waals surface area contributed by atoms with Crippen LogP contribution in [0.2, 0.25) is 0 Å². The first-order valence-electron chi connectivity index (χ1n) is 4.95. The maximum atomic E-state index is 5.57. The Balaban J connectivity index is 2.16. The van der Waals surface area contributed by atoms with E-state index in [1.54, 1.807) is 6.20 Å². The Morgan fingerprint density at radius 2 is 1.94 bits per heavy atom. The van der Waals surface area contributed by atoms with Crippen molar-refractivity contribution in [3.8, 4) is 0 Å². The van der Waals surface area contributed by atoms with E-state index in [9.17, 15) is 0 Å². The van der Waals surface area contributed by atoms with Gasteiger partial charge in [0.05, 0.1) is 0 Å². The van der Waals surface area contributed by atoms with Crippen molar-refractivity contribution in [3.63, 3.8) is 0 Å². The molecule has 3 N–H and O–H groups in total. The minimum atomic E-state index is 0.525. The molecule has 0 radical (unpaired) electrons. The summed E-state index contributed by atoms with van der Waals surface area (Å²) in [5.41, 5.74) is 7.64. The number of nitrogens with zero attached hydrogens (tertiary/aromatic N) is 1. The molecule has 2 aromatic rings. The Bertz CT molecular complexity index is 468. The number of anilines is 2. The predicted molar refractivity (Wildman–Crippen MR) is 69.6 cm³/mol. The highest BCUT2D eigenvalue weighted by atomic mass is 79.9. The van der Waals surface area contributed by atoms with Gasteiger partial charge in [0, 0.05) is 22.9 Å². The van der Waals surface area contributed by atoms with Gasteiger partial charge in [0.25, 0.3) is 0 Å². The van der Waals surface area contributed by atoms with E-state index >= 15 is 0 Å². The molecule has 0 aliphatic rings. The zero-order chi connectivity index (χ0) is 11.4. The average Bonchev–Trinajstić information content (AvgIpc) is 2.32. The van der Waals surface area contributed by atoms with Gasteiger partial charge in [-0.15, -0.1) is 0 Å². The topological polar surface area (TPSA) is 50.9 Å². The van der Waals surface area contributed by atoms with Crippen LogP contribution in [0.25, 0.3) is 0 Å². The summed E-state index contributed by atoms with van der Waals surface area (Å²) < 4.78 is 1.06. The Morgan fingerprint density at radius 1 is 1.19 bits per heavy atom. The molecule has 0 bridgehead atoms. The minimum Gasteiger partial charge on any atom is -0.340 e. The standard InChI is InChI=1S/C12H12BrN3/c13-10-1-3-11(4-2-10)16-12-7-9(8-14)5-6-15-12/h1-7H,8,14H2,(H,15,16). The molecular weight excluding hydrogens is 266 g/mol. The molecule has 4 heteroatoms. The van der Waals surface area contributed by atoms with Gasteiger partial charge in [0.2, 0.25) is 0 Å². The highest BCUT2D eigenvalue weighted by Gasteiger charge is 1.97. The summed E-state index contributed by atoms with van der Waals surface area (Å²) in [5.74, 6) is 0.810. The van der Waals surface area contributed by atoms with Gasteiger partial charge >= 0.3 is 0 Å². The predicted octanol–water partition coefficient (Wildman–Crippen LogP) is 3.05. The van der Waals surface area contributed by atoms with Crippen molar-refractivity contribution in [1.29, 1.82) is 0 Å². The number of aromatic nitrogens is 1. The largest absolute Gasteiger partial charge is 0.340 e. The summed E-state index contributed by atoms with van der Waals surface area (Å²) in [5, 5.41) is 3.22. The van der Waals surface area contributed by atoms with Gasteiger partial charge in [0.15, 0.2) is 0 Å². The van der Waals surface area contributed by atoms with Gasteiger partial charge in [-0.1, -0.05) is 15.9 Å². The summed E-state index contributed by atoms with van der Waals surface area (Å²) in [6, 6.07) is 11.8. The monoisotopic (exact) mass is 277 g/mol. The number of nitrogens with one attached hydrogen (secondary N) is 1. The van der Waals surface area contributed by atoms with E-state index in [4.69, 9.17) is 5.73 Å². The third-order valence-corrected chi connectivity index (χ3v) is 2.71. The molecule has 0 atom stereocenters. The molecular formula is C12H12BrN3. The van der Waals surface area contributed by atoms with Crippen molar-refractivity contribution in [2.75, 3.05) is 5.32 Å². The third-order valence-electron chi connectivity index (χ3n) is 2.18. The number of hydrogen-bond donors (Lipinski definition) is 2. The Morgan fingerprint density at radius 3 is 2.62 bits per heavy atom. The van der Waals surface area contributed by atoms with E-state index in [0.29, 0.717) is 6.54 Å². The lowest BCUT2D eigenvalue weighted by molar-refractivity contribution is 1.06. The smallest absolute Gasteiger partial charge is 0.130 e. The first-order valence-corrected chi connectivity index (χ1v) is 5.75. The normalized spacial score (nSPS) is 10.1. The number of pyridine rings is 1. The van der Waals surface area contributed by atoms with Gasteiger partial charge in [0.1, 0.15) is 5.82 Å². The van der Waals surface area contributed by atoms with Crippen molar-refractivity contribution in [3.05, 3.63) is 52.6 Å². The Labute approximate surface area is 103 Å². The van der Waals surface area contributed by atoms with Crippen molar-refractivity contribution < 1.29 is 0 Å². The molecule has 0 spiro atoms. The van der Waals surface area contributed by atoms with Crippen molar-refractivity contribution in [1.82, 2.24) is 4.98 Å². The van der Waals surface area contributed by atoms with Gasteiger partial charge in [-0.3, -0.25) is 0 Å². The zero-order valence-corrected chi connectivity index (χ0v) is 10.2. The molecule has 1 aromatic heterocycles. The van der Waals surface area contributed by atoms with E-state index < -0.39 is 0 Å². The fraction of sp³-hybridized carbons (Fsp3) is 0.0833. The molecule has 16 heavy (non-hydrogen) atoms. The van der Waals surface area contributed by atoms with E-state index in [1.165, 1.54) is 0 Å². The van der Waals surface area contributed by atoms with Crippen molar-refractivity contribution >= 4 is 27.4 Å². The second-order valence-electron chi connectivity index (χ2n) is 3.39. The number of hydrogen-bond acceptors (Lipinski definition) is 3. The fourth-order valence-electron chi connectivity index (χ4n) is 1.35. The summed E-state index contributed by atoms with van der Waals surface area (Å²) >= 11 is 3.39. The molecule has 82 valence electrons. The lowest BCUT2D eigenvalue weighted by Gasteiger charge is -2.06. The van der Waals surface area contributed by atoms with Gasteiger partial charge in [-0.05, 0) is 42.0 Å². The van der Waals surface area contributed by atoms with Crippen molar-refractivity contribution in [2.45, 2.75) is 6.54 Å². The number of rotatable bonds is 3. The summed E-state index contributed by atoms with van der Waals surface area (Å²) in [6.45, 7) is 0.525. The molecule has 0 saturated heterocycles. The highest BCUT2D eigenvalue weighted by Crippen LogP contribution is 2.18. The number of nitrogens with two attached hydrogens (primary N) is 1. The van der Waals surface area contributed by atoms with Crippen LogP contribution in [0.4, 0.5) is 11.5 Å². The van der Waals surface area contributed by atoms with Crippen LogP contribution < -0.4 is 11.1 Å². The molecule has 0 saturated carbocycles. The van der Waals surface area contributed by atoms with Crippen LogP contribution in [-0.4, -0.2) is 4.98 Å². The van der Waals surface area contributed by atoms with Crippen LogP contribution in [0.1, 0.15) is 5.56 Å². The molecule has 3 nitrogen and oxygen atoms in total. The SMILES string of the molecule is NCc1ccnc(Nc2ccc(Br)cc2)c1. The fourth-order valence-corrected chi connectivity index (χ4v) is 1.62. The number of halogens is 1. The van der Waals surface area contributed by atoms with Crippen LogP contribution in [0.5, 0.6) is 0 Å². The molecule has 0 aliphatic heterocycles. The van der Waals surface area contributed by atoms with E-state index in [0.717, 1.165) is 21.5 Å². The first kappa shape index (κ1) is 11.1. The molecule has 1 heterocycles. The lowest BCUT2D eigenvalue weighted by atomic mass is 10.2. The molecule has 0 amide bonds. The van der Waals surface area contributed by atoms with Crippen LogP contribution in [0, 0.1) is 0 Å². The second-order valence-corrected chi connectivity index (χ2v) is 4.30. The van der Waals surface area contributed by atoms with Crippen LogP contribution in [0.3, 0.4) is 0 Å². The zero-order valence-electron chi connectivity index (χ0n) is 8.65. The molecule has 0 fully saturated rings. The quantitative estimate of drug-likeness (QED) is 0.907. The Hall–Kier alpha value is -1.39. The van der Waals surface area contributed by atoms with Crippen LogP contribution in [-0.2, 0) is 6.54 Å². The highest BCUT2D eigenvalue weighted by molar-refractivity contribution is 9.10. The van der Waals surface area contributed by atoms with Crippen molar-refractivity contribution in [2.24, 2.45) is 5.73 Å². The molecule has 0 aliphatic carbocycles. The van der Waals surface area contributed by atoms with E-state index in [1.807, 2.05) is 36.4 Å². The molecule has 0 unspecified atom stereocenters. The Kier molecular flexibility index (Phi) is 3.54. The van der Waals surface area contributed by atoms with Gasteiger partial charge < -0.3 is 11.1 Å². The van der Waals surface area contributed by atoms with E-state index in [-0.39, 0.29) is 0 Å². The summed E-state index contributed by atoms with van der Waals surface area (Å²) in [6.07, 6.45) is 1.75. The maximum Gasteiger partial charge on any atom is 0.130 e. The molecule has 1 aromatic carbocycles. The van der Waals surface area contributed by atoms with Crippen LogP contribution in [0.15, 0.2) is 47.1 Å². The summed E-state index contributed by atoms with van der Waals surface area (Å²) in [4.78, 5) is 4.23. The second kappa shape index (κ2) is 5.09. The average molecular weight is 278 g/mol. The third kappa shape index (κ3) is 2.81. The first-order chi connectivity index (χ1) is 7.78. The van der Waals surface area contributed by atoms with Crippen LogP contribution >= 0.6 is 15.9 Å². The lowest BCUT2D eigenvalue weighted by Crippen LogP contribution is -1.99. The maximum absolute atomic E-state index is 5.57. The summed E-state index contributed by atoms with van der Waals surface area (Å²) in [7, 11) is 0. The van der Waals surface area contributed by atoms with E-state index in [2.05, 4.69) is 26.2 Å². The van der Waals surface area contributed by atoms with Gasteiger partial charge in [-0.2, -0.15) is 0 Å².